The first-order valence-corrected chi connectivity index (χ1v) is 9.37. The van der Waals surface area contributed by atoms with Crippen molar-refractivity contribution in [3.8, 4) is 0 Å². The number of benzene rings is 1. The van der Waals surface area contributed by atoms with Crippen molar-refractivity contribution in [2.45, 2.75) is 51.2 Å². The molecule has 0 unspecified atom stereocenters. The molecular formula is C20H28N2O3. The molecule has 1 aromatic rings. The molecule has 0 spiro atoms. The Morgan fingerprint density at radius 1 is 1.16 bits per heavy atom. The molecule has 2 aliphatic rings. The molecule has 0 aliphatic carbocycles. The minimum Gasteiger partial charge on any atom is -0.368 e. The Bertz CT molecular complexity index is 582. The van der Waals surface area contributed by atoms with Gasteiger partial charge in [0.25, 0.3) is 5.91 Å². The summed E-state index contributed by atoms with van der Waals surface area (Å²) in [6, 6.07) is 10.2. The number of hydrogen-bond donors (Lipinski definition) is 1. The molecule has 2 amide bonds. The lowest BCUT2D eigenvalue weighted by atomic mass is 10.00. The van der Waals surface area contributed by atoms with Gasteiger partial charge in [-0.25, -0.2) is 0 Å². The lowest BCUT2D eigenvalue weighted by molar-refractivity contribution is -0.143. The van der Waals surface area contributed by atoms with Crippen molar-refractivity contribution >= 4 is 11.8 Å². The normalized spacial score (nSPS) is 24.3. The summed E-state index contributed by atoms with van der Waals surface area (Å²) in [5.41, 5.74) is 1.18. The summed E-state index contributed by atoms with van der Waals surface area (Å²) in [5.74, 6) is 0.531. The summed E-state index contributed by atoms with van der Waals surface area (Å²) in [7, 11) is 0. The van der Waals surface area contributed by atoms with Crippen molar-refractivity contribution in [3.05, 3.63) is 35.9 Å². The van der Waals surface area contributed by atoms with Gasteiger partial charge in [0.1, 0.15) is 6.10 Å². The van der Waals surface area contributed by atoms with E-state index in [2.05, 4.69) is 12.2 Å². The average molecular weight is 344 g/mol. The minimum absolute atomic E-state index is 0.0985. The van der Waals surface area contributed by atoms with Crippen LogP contribution in [0.15, 0.2) is 30.3 Å². The monoisotopic (exact) mass is 344 g/mol. The zero-order valence-corrected chi connectivity index (χ0v) is 14.9. The highest BCUT2D eigenvalue weighted by Gasteiger charge is 2.35. The van der Waals surface area contributed by atoms with Crippen LogP contribution >= 0.6 is 0 Å². The van der Waals surface area contributed by atoms with E-state index >= 15 is 0 Å². The van der Waals surface area contributed by atoms with E-state index < -0.39 is 0 Å². The molecule has 2 aliphatic heterocycles. The smallest absolute Gasteiger partial charge is 0.251 e. The zero-order chi connectivity index (χ0) is 17.6. The van der Waals surface area contributed by atoms with Crippen LogP contribution in [0.2, 0.25) is 0 Å². The fraction of sp³-hybridized carbons (Fsp3) is 0.600. The minimum atomic E-state index is -0.267. The Balaban J connectivity index is 1.38. The maximum Gasteiger partial charge on any atom is 0.251 e. The summed E-state index contributed by atoms with van der Waals surface area (Å²) in [5, 5.41) is 3.12. The van der Waals surface area contributed by atoms with Crippen LogP contribution in [0.3, 0.4) is 0 Å². The number of likely N-dealkylation sites (tertiary alicyclic amines) is 1. The van der Waals surface area contributed by atoms with E-state index in [1.807, 2.05) is 35.2 Å². The fourth-order valence-electron chi connectivity index (χ4n) is 3.64. The highest BCUT2D eigenvalue weighted by atomic mass is 16.5. The fourth-order valence-corrected chi connectivity index (χ4v) is 3.64. The number of nitrogens with one attached hydrogen (secondary N) is 1. The van der Waals surface area contributed by atoms with E-state index in [-0.39, 0.29) is 24.0 Å². The van der Waals surface area contributed by atoms with Crippen molar-refractivity contribution in [3.63, 3.8) is 0 Å². The van der Waals surface area contributed by atoms with Gasteiger partial charge in [-0.05, 0) is 37.2 Å². The molecule has 3 rings (SSSR count). The molecule has 1 N–H and O–H groups in total. The number of hydrogen-bond acceptors (Lipinski definition) is 3. The lowest BCUT2D eigenvalue weighted by Crippen LogP contribution is -2.49. The third kappa shape index (κ3) is 4.82. The second kappa shape index (κ2) is 8.48. The number of nitrogens with zero attached hydrogens (tertiary/aromatic N) is 1. The van der Waals surface area contributed by atoms with Crippen LogP contribution in [0.5, 0.6) is 0 Å². The van der Waals surface area contributed by atoms with E-state index in [1.165, 1.54) is 5.56 Å². The first kappa shape index (κ1) is 17.9. The van der Waals surface area contributed by atoms with Crippen molar-refractivity contribution in [1.82, 2.24) is 10.2 Å². The van der Waals surface area contributed by atoms with Gasteiger partial charge in [-0.15, -0.1) is 0 Å². The first-order chi connectivity index (χ1) is 12.1. The lowest BCUT2D eigenvalue weighted by Gasteiger charge is -2.34. The predicted octanol–water partition coefficient (Wildman–Crippen LogP) is 2.15. The number of ether oxygens (including phenoxy) is 1. The van der Waals surface area contributed by atoms with Crippen molar-refractivity contribution in [2.75, 3.05) is 19.7 Å². The first-order valence-electron chi connectivity index (χ1n) is 9.37. The predicted molar refractivity (Wildman–Crippen MR) is 96.0 cm³/mol. The maximum atomic E-state index is 12.5. The largest absolute Gasteiger partial charge is 0.368 e. The maximum absolute atomic E-state index is 12.5. The topological polar surface area (TPSA) is 58.6 Å². The standard InChI is InChI=1S/C20H28N2O3/c1-15-11-14-25-19(15)20(24)22-12-9-17(10-13-22)21-18(23)8-7-16-5-3-2-4-6-16/h2-6,15,17,19H,7-14H2,1H3,(H,21,23)/t15-,19-/m0/s1. The molecule has 2 saturated heterocycles. The van der Waals surface area contributed by atoms with Gasteiger partial charge >= 0.3 is 0 Å². The Morgan fingerprint density at radius 3 is 2.52 bits per heavy atom. The van der Waals surface area contributed by atoms with Crippen LogP contribution in [0.4, 0.5) is 0 Å². The SMILES string of the molecule is C[C@H]1CCO[C@@H]1C(=O)N1CCC(NC(=O)CCc2ccccc2)CC1. The van der Waals surface area contributed by atoms with Gasteiger partial charge < -0.3 is 15.0 Å². The number of piperidine rings is 1. The summed E-state index contributed by atoms with van der Waals surface area (Å²) in [4.78, 5) is 26.6. The van der Waals surface area contributed by atoms with Gasteiger partial charge in [0.2, 0.25) is 5.91 Å². The second-order valence-corrected chi connectivity index (χ2v) is 7.21. The molecule has 25 heavy (non-hydrogen) atoms. The van der Waals surface area contributed by atoms with Gasteiger partial charge in [0, 0.05) is 32.2 Å². The Morgan fingerprint density at radius 2 is 1.88 bits per heavy atom. The molecule has 0 saturated carbocycles. The van der Waals surface area contributed by atoms with Gasteiger partial charge in [0.05, 0.1) is 0 Å². The summed E-state index contributed by atoms with van der Waals surface area (Å²) < 4.78 is 5.58. The molecule has 2 fully saturated rings. The molecule has 1 aromatic carbocycles. The van der Waals surface area contributed by atoms with Crippen molar-refractivity contribution < 1.29 is 14.3 Å². The van der Waals surface area contributed by atoms with E-state index in [0.717, 1.165) is 25.7 Å². The third-order valence-electron chi connectivity index (χ3n) is 5.29. The molecule has 5 nitrogen and oxygen atoms in total. The average Bonchev–Trinajstić information content (AvgIpc) is 3.07. The molecule has 2 heterocycles. The quantitative estimate of drug-likeness (QED) is 0.890. The second-order valence-electron chi connectivity index (χ2n) is 7.21. The number of carbonyl (C=O) groups is 2. The highest BCUT2D eigenvalue weighted by Crippen LogP contribution is 2.23. The molecule has 0 aromatic heterocycles. The van der Waals surface area contributed by atoms with Gasteiger partial charge in [-0.1, -0.05) is 37.3 Å². The third-order valence-corrected chi connectivity index (χ3v) is 5.29. The van der Waals surface area contributed by atoms with Crippen molar-refractivity contribution in [2.24, 2.45) is 5.92 Å². The zero-order valence-electron chi connectivity index (χ0n) is 14.9. The Kier molecular flexibility index (Phi) is 6.08. The summed E-state index contributed by atoms with van der Waals surface area (Å²) >= 11 is 0. The van der Waals surface area contributed by atoms with Gasteiger partial charge in [-0.3, -0.25) is 9.59 Å². The van der Waals surface area contributed by atoms with Crippen LogP contribution in [0.1, 0.15) is 38.2 Å². The van der Waals surface area contributed by atoms with Gasteiger partial charge in [-0.2, -0.15) is 0 Å². The van der Waals surface area contributed by atoms with Crippen molar-refractivity contribution in [1.29, 1.82) is 0 Å². The van der Waals surface area contributed by atoms with E-state index in [0.29, 0.717) is 32.0 Å². The highest BCUT2D eigenvalue weighted by molar-refractivity contribution is 5.81. The van der Waals surface area contributed by atoms with Crippen LogP contribution < -0.4 is 5.32 Å². The van der Waals surface area contributed by atoms with Crippen LogP contribution in [-0.2, 0) is 20.7 Å². The van der Waals surface area contributed by atoms with E-state index in [9.17, 15) is 9.59 Å². The van der Waals surface area contributed by atoms with E-state index in [1.54, 1.807) is 0 Å². The molecule has 5 heteroatoms. The molecule has 0 radical (unpaired) electrons. The molecular weight excluding hydrogens is 316 g/mol. The van der Waals surface area contributed by atoms with Gasteiger partial charge in [0.15, 0.2) is 0 Å². The molecule has 2 atom stereocenters. The molecule has 136 valence electrons. The number of aryl methyl sites for hydroxylation is 1. The Labute approximate surface area is 149 Å². The van der Waals surface area contributed by atoms with E-state index in [4.69, 9.17) is 4.74 Å². The summed E-state index contributed by atoms with van der Waals surface area (Å²) in [6.07, 6.45) is 3.62. The van der Waals surface area contributed by atoms with Crippen LogP contribution in [-0.4, -0.2) is 48.6 Å². The molecule has 0 bridgehead atoms. The van der Waals surface area contributed by atoms with Crippen LogP contribution in [0.25, 0.3) is 0 Å². The number of rotatable bonds is 5. The number of carbonyl (C=O) groups excluding carboxylic acids is 2. The number of amides is 2. The summed E-state index contributed by atoms with van der Waals surface area (Å²) in [6.45, 7) is 4.17. The van der Waals surface area contributed by atoms with Crippen LogP contribution in [0, 0.1) is 5.92 Å². The Hall–Kier alpha value is -1.88.